The molecule has 13 aromatic rings. The summed E-state index contributed by atoms with van der Waals surface area (Å²) < 4.78 is 28.7. The number of furan rings is 1. The number of nitrogens with zero attached hydrogens (tertiary/aromatic N) is 3. The molecular formula is C66H41N3O5S2. The van der Waals surface area contributed by atoms with E-state index in [0.29, 0.717) is 40.1 Å². The number of fused-ring (bicyclic) bond motifs is 10. The van der Waals surface area contributed by atoms with Crippen molar-refractivity contribution in [2.45, 2.75) is 19.6 Å². The first-order valence-corrected chi connectivity index (χ1v) is 26.6. The second kappa shape index (κ2) is 17.9. The van der Waals surface area contributed by atoms with E-state index in [4.69, 9.17) is 18.6 Å². The van der Waals surface area contributed by atoms with Gasteiger partial charge in [-0.05, 0) is 140 Å². The third-order valence-electron chi connectivity index (χ3n) is 14.0. The molecule has 0 unspecified atom stereocenters. The fourth-order valence-corrected chi connectivity index (χ4v) is 12.8. The Morgan fingerprint density at radius 1 is 0.395 bits per heavy atom. The molecule has 0 saturated carbocycles. The van der Waals surface area contributed by atoms with Crippen molar-refractivity contribution in [3.05, 3.63) is 243 Å². The smallest absolute Gasteiger partial charge is 0.172 e. The number of para-hydroxylation sites is 7. The van der Waals surface area contributed by atoms with Gasteiger partial charge in [0.25, 0.3) is 0 Å². The highest BCUT2D eigenvalue weighted by molar-refractivity contribution is 8.05. The third-order valence-corrected chi connectivity index (χ3v) is 16.6. The zero-order valence-corrected chi connectivity index (χ0v) is 42.0. The number of ether oxygens (including phenoxy) is 3. The molecule has 0 atom stereocenters. The minimum Gasteiger partial charge on any atom is -0.504 e. The Balaban J connectivity index is 0.975. The van der Waals surface area contributed by atoms with Crippen molar-refractivity contribution in [2.75, 3.05) is 9.80 Å². The van der Waals surface area contributed by atoms with Crippen molar-refractivity contribution in [1.29, 1.82) is 0 Å². The van der Waals surface area contributed by atoms with Crippen LogP contribution in [0.15, 0.2) is 267 Å². The van der Waals surface area contributed by atoms with E-state index < -0.39 is 0 Å². The van der Waals surface area contributed by atoms with Gasteiger partial charge in [0.2, 0.25) is 0 Å². The third kappa shape index (κ3) is 7.48. The van der Waals surface area contributed by atoms with Crippen LogP contribution in [0.4, 0.5) is 34.1 Å². The molecule has 0 spiro atoms. The number of phenolic OH excluding ortho intramolecular Hbond substituents is 1. The van der Waals surface area contributed by atoms with Crippen LogP contribution in [0.3, 0.4) is 0 Å². The van der Waals surface area contributed by atoms with Crippen LogP contribution in [0.2, 0.25) is 0 Å². The largest absolute Gasteiger partial charge is 0.504 e. The van der Waals surface area contributed by atoms with Crippen molar-refractivity contribution in [3.63, 3.8) is 0 Å². The Hall–Kier alpha value is -9.48. The maximum atomic E-state index is 10.6. The van der Waals surface area contributed by atoms with Gasteiger partial charge in [0.15, 0.2) is 40.1 Å². The lowest BCUT2D eigenvalue weighted by molar-refractivity contribution is 0.360. The molecule has 362 valence electrons. The number of hydrogen-bond acceptors (Lipinski definition) is 9. The van der Waals surface area contributed by atoms with E-state index in [0.717, 1.165) is 78.0 Å². The first-order chi connectivity index (χ1) is 37.5. The van der Waals surface area contributed by atoms with Gasteiger partial charge in [0.05, 0.1) is 22.4 Å². The SMILES string of the molecule is Oc1ccccc1Oc1ccc(N(c2ccc3c(c2)Sc2ccccc2S3)c2cc(N(c3ccc4c(c3)Oc3ccccc3O4)c3ccc4c5ccccc5n(-c5ccccc5)c4c3)c3oc4ccccc4c3c2)cc1. The van der Waals surface area contributed by atoms with Gasteiger partial charge in [-0.2, -0.15) is 0 Å². The molecule has 0 bridgehead atoms. The zero-order chi connectivity index (χ0) is 50.3. The normalized spacial score (nSPS) is 12.4. The average molecular weight is 1020 g/mol. The van der Waals surface area contributed by atoms with Gasteiger partial charge in [-0.3, -0.25) is 0 Å². The van der Waals surface area contributed by atoms with Crippen molar-refractivity contribution >= 4 is 101 Å². The number of aromatic hydroxyl groups is 1. The molecule has 0 amide bonds. The predicted molar refractivity (Wildman–Crippen MR) is 307 cm³/mol. The molecule has 0 saturated heterocycles. The number of aromatic nitrogens is 1. The van der Waals surface area contributed by atoms with Crippen molar-refractivity contribution in [3.8, 4) is 45.9 Å². The minimum absolute atomic E-state index is 0.0699. The molecule has 2 aromatic heterocycles. The van der Waals surface area contributed by atoms with Crippen molar-refractivity contribution in [2.24, 2.45) is 0 Å². The van der Waals surface area contributed by atoms with E-state index >= 15 is 0 Å². The molecule has 2 aliphatic heterocycles. The lowest BCUT2D eigenvalue weighted by Crippen LogP contribution is -2.14. The van der Waals surface area contributed by atoms with Crippen molar-refractivity contribution in [1.82, 2.24) is 4.57 Å². The Morgan fingerprint density at radius 2 is 1.00 bits per heavy atom. The predicted octanol–water partition coefficient (Wildman–Crippen LogP) is 19.6. The van der Waals surface area contributed by atoms with E-state index in [1.54, 1.807) is 41.7 Å². The molecule has 0 fully saturated rings. The molecule has 15 rings (SSSR count). The number of rotatable bonds is 9. The minimum atomic E-state index is 0.0699. The Bertz CT molecular complexity index is 4440. The number of phenols is 1. The second-order valence-electron chi connectivity index (χ2n) is 18.6. The summed E-state index contributed by atoms with van der Waals surface area (Å²) in [6.07, 6.45) is 0. The van der Waals surface area contributed by atoms with Gasteiger partial charge in [-0.1, -0.05) is 121 Å². The highest BCUT2D eigenvalue weighted by Gasteiger charge is 2.28. The Labute approximate surface area is 445 Å². The fourth-order valence-electron chi connectivity index (χ4n) is 10.6. The second-order valence-corrected chi connectivity index (χ2v) is 20.8. The lowest BCUT2D eigenvalue weighted by atomic mass is 10.1. The molecule has 10 heteroatoms. The van der Waals surface area contributed by atoms with Crippen LogP contribution in [0.1, 0.15) is 0 Å². The number of anilines is 6. The molecule has 11 aromatic carbocycles. The zero-order valence-electron chi connectivity index (χ0n) is 40.3. The van der Waals surface area contributed by atoms with Gasteiger partial charge < -0.3 is 38.1 Å². The molecule has 4 heterocycles. The maximum absolute atomic E-state index is 10.6. The standard InChI is InChI=1S/C66H41N3O5S2/c70-55-19-7-9-21-57(55)71-47-31-26-42(27-32-47)67(45-30-35-64-65(40-45)76-63-25-13-12-24-62(63)75-64)46-36-51-50-17-5-8-20-56(50)74-66(51)54(38-46)68(44-29-34-60-61(39-44)73-59-23-11-10-22-58(59)72-60)43-28-33-49-48-16-4-6-18-52(48)69(53(49)37-43)41-14-2-1-3-15-41/h1-40,70H. The summed E-state index contributed by atoms with van der Waals surface area (Å²) in [5.74, 6) is 3.56. The molecule has 0 aliphatic carbocycles. The molecule has 1 N–H and O–H groups in total. The van der Waals surface area contributed by atoms with Gasteiger partial charge in [-0.15, -0.1) is 0 Å². The van der Waals surface area contributed by atoms with Gasteiger partial charge in [0, 0.05) is 75.6 Å². The van der Waals surface area contributed by atoms with E-state index in [1.807, 2.05) is 60.7 Å². The van der Waals surface area contributed by atoms with Crippen LogP contribution in [0.25, 0.3) is 49.4 Å². The molecule has 76 heavy (non-hydrogen) atoms. The topological polar surface area (TPSA) is 72.5 Å². The van der Waals surface area contributed by atoms with E-state index in [-0.39, 0.29) is 5.75 Å². The van der Waals surface area contributed by atoms with Crippen LogP contribution in [-0.2, 0) is 0 Å². The summed E-state index contributed by atoms with van der Waals surface area (Å²) in [7, 11) is 0. The first kappa shape index (κ1) is 44.0. The molecule has 8 nitrogen and oxygen atoms in total. The van der Waals surface area contributed by atoms with Crippen LogP contribution in [0, 0.1) is 0 Å². The summed E-state index contributed by atoms with van der Waals surface area (Å²) in [4.78, 5) is 9.43. The van der Waals surface area contributed by atoms with Crippen LogP contribution in [-0.4, -0.2) is 9.67 Å². The monoisotopic (exact) mass is 1020 g/mol. The first-order valence-electron chi connectivity index (χ1n) is 24.9. The van der Waals surface area contributed by atoms with E-state index in [2.05, 4.69) is 178 Å². The quantitative estimate of drug-likeness (QED) is 0.152. The van der Waals surface area contributed by atoms with E-state index in [1.165, 1.54) is 19.6 Å². The molecular weight excluding hydrogens is 979 g/mol. The van der Waals surface area contributed by atoms with Gasteiger partial charge in [-0.25, -0.2) is 0 Å². The lowest BCUT2D eigenvalue weighted by Gasteiger charge is -2.31. The number of hydrogen-bond donors (Lipinski definition) is 1. The Kier molecular flexibility index (Phi) is 10.4. The maximum Gasteiger partial charge on any atom is 0.172 e. The van der Waals surface area contributed by atoms with Crippen LogP contribution >= 0.6 is 23.5 Å². The van der Waals surface area contributed by atoms with E-state index in [9.17, 15) is 5.11 Å². The summed E-state index contributed by atoms with van der Waals surface area (Å²) in [5.41, 5.74) is 10.0. The average Bonchev–Trinajstić information content (AvgIpc) is 4.08. The Morgan fingerprint density at radius 3 is 1.83 bits per heavy atom. The van der Waals surface area contributed by atoms with Gasteiger partial charge in [0.1, 0.15) is 11.3 Å². The van der Waals surface area contributed by atoms with Crippen molar-refractivity contribution < 1.29 is 23.7 Å². The summed E-state index contributed by atoms with van der Waals surface area (Å²) in [6.45, 7) is 0. The van der Waals surface area contributed by atoms with Crippen LogP contribution < -0.4 is 24.0 Å². The summed E-state index contributed by atoms with van der Waals surface area (Å²) in [5, 5.41) is 14.9. The van der Waals surface area contributed by atoms with Gasteiger partial charge >= 0.3 is 0 Å². The summed E-state index contributed by atoms with van der Waals surface area (Å²) in [6, 6.07) is 82.8. The fraction of sp³-hybridized carbons (Fsp3) is 0. The highest BCUT2D eigenvalue weighted by Crippen LogP contribution is 2.54. The number of benzene rings is 11. The molecule has 2 aliphatic rings. The summed E-state index contributed by atoms with van der Waals surface area (Å²) >= 11 is 3.58. The highest BCUT2D eigenvalue weighted by atomic mass is 32.2. The van der Waals surface area contributed by atoms with Crippen LogP contribution in [0.5, 0.6) is 40.2 Å². The molecule has 0 radical (unpaired) electrons.